The number of hydrogen-bond donors (Lipinski definition) is 0. The first kappa shape index (κ1) is 17.0. The van der Waals surface area contributed by atoms with Gasteiger partial charge in [0.25, 0.3) is 0 Å². The molecule has 1 aromatic heterocycles. The highest BCUT2D eigenvalue weighted by molar-refractivity contribution is 8.01. The number of thiazole rings is 1. The van der Waals surface area contributed by atoms with Gasteiger partial charge in [-0.2, -0.15) is 0 Å². The molecule has 0 aliphatic heterocycles. The van der Waals surface area contributed by atoms with Gasteiger partial charge in [0.15, 0.2) is 10.1 Å². The van der Waals surface area contributed by atoms with Crippen LogP contribution < -0.4 is 4.74 Å². The maximum absolute atomic E-state index is 12.2. The van der Waals surface area contributed by atoms with Crippen LogP contribution in [0.15, 0.2) is 58.3 Å². The molecule has 0 fully saturated rings. The summed E-state index contributed by atoms with van der Waals surface area (Å²) in [6.45, 7) is 0. The number of rotatable bonds is 6. The van der Waals surface area contributed by atoms with Crippen LogP contribution in [-0.2, 0) is 0 Å². The summed E-state index contributed by atoms with van der Waals surface area (Å²) in [4.78, 5) is 16.8. The zero-order chi connectivity index (χ0) is 16.9. The van der Waals surface area contributed by atoms with Crippen LogP contribution in [0.1, 0.15) is 10.4 Å². The quantitative estimate of drug-likeness (QED) is 0.424. The molecule has 0 radical (unpaired) electrons. The lowest BCUT2D eigenvalue weighted by molar-refractivity contribution is 0.102. The van der Waals surface area contributed by atoms with Crippen LogP contribution in [0.2, 0.25) is 5.02 Å². The van der Waals surface area contributed by atoms with Crippen LogP contribution >= 0.6 is 34.7 Å². The van der Waals surface area contributed by atoms with Crippen LogP contribution in [-0.4, -0.2) is 23.6 Å². The molecule has 3 rings (SSSR count). The van der Waals surface area contributed by atoms with Crippen LogP contribution in [0.25, 0.3) is 11.3 Å². The summed E-state index contributed by atoms with van der Waals surface area (Å²) in [5.41, 5.74) is 2.60. The van der Waals surface area contributed by atoms with Gasteiger partial charge in [0.2, 0.25) is 0 Å². The molecule has 0 aliphatic carbocycles. The first-order valence-electron chi connectivity index (χ1n) is 7.17. The first-order chi connectivity index (χ1) is 11.7. The van der Waals surface area contributed by atoms with Crippen LogP contribution in [0, 0.1) is 0 Å². The van der Waals surface area contributed by atoms with Gasteiger partial charge in [-0.05, 0) is 36.4 Å². The highest BCUT2D eigenvalue weighted by atomic mass is 35.5. The molecule has 3 nitrogen and oxygen atoms in total. The standard InChI is InChI=1S/C18H14ClNO2S2/c1-22-15-8-4-13(5-9-15)17(21)11-24-18-20-16(10-23-18)12-2-6-14(19)7-3-12/h2-10H,11H2,1H3. The third kappa shape index (κ3) is 4.17. The molecule has 0 saturated heterocycles. The van der Waals surface area contributed by atoms with Crippen LogP contribution in [0.3, 0.4) is 0 Å². The maximum Gasteiger partial charge on any atom is 0.173 e. The lowest BCUT2D eigenvalue weighted by Gasteiger charge is -2.02. The van der Waals surface area contributed by atoms with Gasteiger partial charge in [-0.25, -0.2) is 4.98 Å². The van der Waals surface area contributed by atoms with E-state index < -0.39 is 0 Å². The number of hydrogen-bond acceptors (Lipinski definition) is 5. The minimum Gasteiger partial charge on any atom is -0.497 e. The predicted octanol–water partition coefficient (Wildman–Crippen LogP) is 5.45. The number of nitrogens with zero attached hydrogens (tertiary/aromatic N) is 1. The van der Waals surface area contributed by atoms with Crippen LogP contribution in [0.4, 0.5) is 0 Å². The molecular formula is C18H14ClNO2S2. The van der Waals surface area contributed by atoms with E-state index in [1.54, 1.807) is 31.4 Å². The van der Waals surface area contributed by atoms with Crippen molar-refractivity contribution in [3.63, 3.8) is 0 Å². The average molecular weight is 376 g/mol. The summed E-state index contributed by atoms with van der Waals surface area (Å²) in [6, 6.07) is 14.7. The maximum atomic E-state index is 12.2. The molecule has 2 aromatic carbocycles. The van der Waals surface area contributed by atoms with Crippen molar-refractivity contribution in [1.29, 1.82) is 0 Å². The molecule has 6 heteroatoms. The first-order valence-corrected chi connectivity index (χ1v) is 9.41. The van der Waals surface area contributed by atoms with E-state index in [9.17, 15) is 4.79 Å². The highest BCUT2D eigenvalue weighted by Gasteiger charge is 2.10. The second-order valence-electron chi connectivity index (χ2n) is 4.95. The lowest BCUT2D eigenvalue weighted by atomic mass is 10.1. The monoisotopic (exact) mass is 375 g/mol. The van der Waals surface area contributed by atoms with Gasteiger partial charge < -0.3 is 4.74 Å². The Balaban J connectivity index is 1.62. The molecule has 1 heterocycles. The zero-order valence-electron chi connectivity index (χ0n) is 12.9. The van der Waals surface area contributed by atoms with Crippen molar-refractivity contribution in [2.45, 2.75) is 4.34 Å². The normalized spacial score (nSPS) is 10.6. The molecule has 0 N–H and O–H groups in total. The van der Waals surface area contributed by atoms with Gasteiger partial charge in [0.05, 0.1) is 18.6 Å². The van der Waals surface area contributed by atoms with Crippen molar-refractivity contribution in [1.82, 2.24) is 4.98 Å². The van der Waals surface area contributed by atoms with Gasteiger partial charge >= 0.3 is 0 Å². The van der Waals surface area contributed by atoms with Crippen molar-refractivity contribution < 1.29 is 9.53 Å². The van der Waals surface area contributed by atoms with Crippen molar-refractivity contribution in [3.8, 4) is 17.0 Å². The van der Waals surface area contributed by atoms with Gasteiger partial charge in [0.1, 0.15) is 5.75 Å². The topological polar surface area (TPSA) is 39.2 Å². The number of aromatic nitrogens is 1. The summed E-state index contributed by atoms with van der Waals surface area (Å²) in [7, 11) is 1.60. The van der Waals surface area contributed by atoms with E-state index in [0.29, 0.717) is 16.3 Å². The highest BCUT2D eigenvalue weighted by Crippen LogP contribution is 2.29. The molecule has 0 spiro atoms. The Kier molecular flexibility index (Phi) is 5.56. The summed E-state index contributed by atoms with van der Waals surface area (Å²) < 4.78 is 5.97. The van der Waals surface area contributed by atoms with Gasteiger partial charge in [0, 0.05) is 21.5 Å². The summed E-state index contributed by atoms with van der Waals surface area (Å²) >= 11 is 8.89. The van der Waals surface area contributed by atoms with E-state index in [1.807, 2.05) is 29.6 Å². The van der Waals surface area contributed by atoms with E-state index >= 15 is 0 Å². The Labute approximate surface area is 153 Å². The Morgan fingerprint density at radius 2 is 1.88 bits per heavy atom. The minimum atomic E-state index is 0.0749. The van der Waals surface area contributed by atoms with Crippen molar-refractivity contribution >= 4 is 40.5 Å². The molecule has 0 atom stereocenters. The van der Waals surface area contributed by atoms with E-state index in [1.165, 1.54) is 23.1 Å². The smallest absolute Gasteiger partial charge is 0.173 e. The number of methoxy groups -OCH3 is 1. The van der Waals surface area contributed by atoms with E-state index in [2.05, 4.69) is 4.98 Å². The van der Waals surface area contributed by atoms with Crippen LogP contribution in [0.5, 0.6) is 5.75 Å². The number of halogens is 1. The lowest BCUT2D eigenvalue weighted by Crippen LogP contribution is -2.02. The molecule has 0 unspecified atom stereocenters. The summed E-state index contributed by atoms with van der Waals surface area (Å²) in [5.74, 6) is 1.18. The molecule has 3 aromatic rings. The number of ketones is 1. The molecule has 0 bridgehead atoms. The summed E-state index contributed by atoms with van der Waals surface area (Å²) in [6.07, 6.45) is 0. The minimum absolute atomic E-state index is 0.0749. The van der Waals surface area contributed by atoms with Gasteiger partial charge in [-0.3, -0.25) is 4.79 Å². The predicted molar refractivity (Wildman–Crippen MR) is 101 cm³/mol. The average Bonchev–Trinajstić information content (AvgIpc) is 3.09. The molecule has 0 saturated carbocycles. The van der Waals surface area contributed by atoms with Gasteiger partial charge in [-0.15, -0.1) is 11.3 Å². The van der Waals surface area contributed by atoms with E-state index in [0.717, 1.165) is 21.3 Å². The summed E-state index contributed by atoms with van der Waals surface area (Å²) in [5, 5.41) is 2.69. The number of benzene rings is 2. The Morgan fingerprint density at radius 3 is 2.54 bits per heavy atom. The number of carbonyl (C=O) groups is 1. The van der Waals surface area contributed by atoms with E-state index in [-0.39, 0.29) is 5.78 Å². The van der Waals surface area contributed by atoms with Crippen molar-refractivity contribution in [2.75, 3.05) is 12.9 Å². The number of ether oxygens (including phenoxy) is 1. The number of carbonyl (C=O) groups excluding carboxylic acids is 1. The Morgan fingerprint density at radius 1 is 1.17 bits per heavy atom. The van der Waals surface area contributed by atoms with Gasteiger partial charge in [-0.1, -0.05) is 35.5 Å². The molecular weight excluding hydrogens is 362 g/mol. The van der Waals surface area contributed by atoms with Crippen molar-refractivity contribution in [3.05, 3.63) is 64.5 Å². The molecule has 24 heavy (non-hydrogen) atoms. The Hall–Kier alpha value is -1.82. The number of Topliss-reactive ketones (excluding diaryl/α,β-unsaturated/α-hetero) is 1. The fourth-order valence-electron chi connectivity index (χ4n) is 2.06. The molecule has 0 amide bonds. The van der Waals surface area contributed by atoms with Crippen molar-refractivity contribution in [2.24, 2.45) is 0 Å². The fraction of sp³-hybridized carbons (Fsp3) is 0.111. The second kappa shape index (κ2) is 7.83. The number of thioether (sulfide) groups is 1. The third-order valence-electron chi connectivity index (χ3n) is 3.36. The SMILES string of the molecule is COc1ccc(C(=O)CSc2nc(-c3ccc(Cl)cc3)cs2)cc1. The molecule has 122 valence electrons. The molecule has 0 aliphatic rings. The second-order valence-corrected chi connectivity index (χ2v) is 7.46. The van der Waals surface area contributed by atoms with E-state index in [4.69, 9.17) is 16.3 Å². The zero-order valence-corrected chi connectivity index (χ0v) is 15.3. The Bertz CT molecular complexity index is 829. The fourth-order valence-corrected chi connectivity index (χ4v) is 3.92. The third-order valence-corrected chi connectivity index (χ3v) is 5.63. The largest absolute Gasteiger partial charge is 0.497 e.